The molecule has 0 spiro atoms. The minimum absolute atomic E-state index is 0.0784. The molecule has 3 aliphatic heterocycles. The number of hydrogen-bond acceptors (Lipinski definition) is 10. The number of nitrogens with one attached hydrogen (secondary N) is 4. The summed E-state index contributed by atoms with van der Waals surface area (Å²) in [5.74, 6) is -4.46. The third kappa shape index (κ3) is 11.0. The Bertz CT molecular complexity index is 2380. The van der Waals surface area contributed by atoms with Crippen LogP contribution < -0.4 is 16.4 Å². The molecule has 1 saturated carbocycles. The molecule has 0 radical (unpaired) electrons. The van der Waals surface area contributed by atoms with E-state index in [0.717, 1.165) is 43.6 Å². The molecule has 4 aliphatic rings. The summed E-state index contributed by atoms with van der Waals surface area (Å²) in [6, 6.07) is 15.0. The molecule has 2 amide bonds. The predicted octanol–water partition coefficient (Wildman–Crippen LogP) is 6.58. The highest BCUT2D eigenvalue weighted by Crippen LogP contribution is 2.46. The minimum atomic E-state index is -3.06. The number of aromatic hydroxyl groups is 1. The highest BCUT2D eigenvalue weighted by molar-refractivity contribution is 6.12. The van der Waals surface area contributed by atoms with E-state index in [4.69, 9.17) is 21.5 Å². The molecule has 65 heavy (non-hydrogen) atoms. The molecule has 1 aliphatic carbocycles. The monoisotopic (exact) mass is 896 g/mol. The molecule has 1 unspecified atom stereocenters. The van der Waals surface area contributed by atoms with E-state index in [1.54, 1.807) is 52.3 Å². The number of likely N-dealkylation sites (tertiary alicyclic amines) is 3. The Kier molecular flexibility index (Phi) is 14.6. The molecule has 0 bridgehead atoms. The van der Waals surface area contributed by atoms with Crippen LogP contribution in [0.4, 0.5) is 18.9 Å². The van der Waals surface area contributed by atoms with Gasteiger partial charge >= 0.3 is 0 Å². The van der Waals surface area contributed by atoms with Gasteiger partial charge in [-0.25, -0.2) is 18.2 Å². The second-order valence-electron chi connectivity index (χ2n) is 17.6. The van der Waals surface area contributed by atoms with Crippen molar-refractivity contribution in [2.45, 2.75) is 80.8 Å². The van der Waals surface area contributed by atoms with Crippen LogP contribution in [0.25, 0.3) is 11.0 Å². The maximum Gasteiger partial charge on any atom is 0.258 e. The first kappa shape index (κ1) is 46.8. The number of amides is 2. The number of hydrogen-bond donors (Lipinski definition) is 6. The number of amidine groups is 1. The third-order valence-electron chi connectivity index (χ3n) is 13.2. The normalized spacial score (nSPS) is 20.1. The van der Waals surface area contributed by atoms with Crippen LogP contribution in [0.15, 0.2) is 78.8 Å². The van der Waals surface area contributed by atoms with Crippen molar-refractivity contribution in [1.29, 1.82) is 10.8 Å². The molecule has 1 atom stereocenters. The lowest BCUT2D eigenvalue weighted by molar-refractivity contribution is -0.110. The van der Waals surface area contributed by atoms with Gasteiger partial charge in [0.2, 0.25) is 6.41 Å². The molecule has 14 nitrogen and oxygen atoms in total. The average Bonchev–Trinajstić information content (AvgIpc) is 4.08. The van der Waals surface area contributed by atoms with Gasteiger partial charge in [0.1, 0.15) is 29.2 Å². The number of phenols is 1. The van der Waals surface area contributed by atoms with Crippen molar-refractivity contribution in [2.75, 3.05) is 64.7 Å². The van der Waals surface area contributed by atoms with E-state index in [1.165, 1.54) is 35.9 Å². The zero-order chi connectivity index (χ0) is 46.3. The Morgan fingerprint density at radius 3 is 2.28 bits per heavy atom. The van der Waals surface area contributed by atoms with Gasteiger partial charge in [0.15, 0.2) is 0 Å². The second kappa shape index (κ2) is 20.3. The molecule has 5 heterocycles. The number of rotatable bonds is 15. The summed E-state index contributed by atoms with van der Waals surface area (Å²) in [5.41, 5.74) is 8.85. The van der Waals surface area contributed by atoms with Crippen LogP contribution in [0.2, 0.25) is 0 Å². The van der Waals surface area contributed by atoms with Crippen molar-refractivity contribution in [2.24, 2.45) is 5.73 Å². The number of fused-ring (bicyclic) bond motifs is 1. The summed E-state index contributed by atoms with van der Waals surface area (Å²) in [6.45, 7) is 2.69. The fourth-order valence-electron chi connectivity index (χ4n) is 9.28. The molecule has 346 valence electrons. The predicted molar refractivity (Wildman–Crippen MR) is 245 cm³/mol. The van der Waals surface area contributed by atoms with E-state index in [2.05, 4.69) is 32.4 Å². The van der Waals surface area contributed by atoms with Gasteiger partial charge in [-0.1, -0.05) is 24.3 Å². The Morgan fingerprint density at radius 1 is 0.954 bits per heavy atom. The Hall–Kier alpha value is -6.23. The van der Waals surface area contributed by atoms with Gasteiger partial charge in [0.05, 0.1) is 29.2 Å². The zero-order valence-corrected chi connectivity index (χ0v) is 36.7. The molecule has 4 aromatic rings. The molecule has 8 rings (SSSR count). The number of allylic oxidation sites excluding steroid dienone is 1. The van der Waals surface area contributed by atoms with E-state index in [0.29, 0.717) is 49.0 Å². The molecule has 17 heteroatoms. The highest BCUT2D eigenvalue weighted by Gasteiger charge is 2.46. The number of benzene rings is 2. The number of nitrogens with two attached hydrogens (primary N) is 1. The highest BCUT2D eigenvalue weighted by atomic mass is 19.3. The number of aromatic nitrogens is 2. The maximum absolute atomic E-state index is 16.3. The Balaban J connectivity index is 0.000000833. The largest absolute Gasteiger partial charge is 0.507 e. The molecular weight excluding hydrogens is 838 g/mol. The number of piperidine rings is 3. The third-order valence-corrected chi connectivity index (χ3v) is 13.2. The van der Waals surface area contributed by atoms with Crippen LogP contribution in [0.3, 0.4) is 0 Å². The molecule has 7 N–H and O–H groups in total. The van der Waals surface area contributed by atoms with E-state index < -0.39 is 23.9 Å². The fourth-order valence-corrected chi connectivity index (χ4v) is 9.28. The first-order valence-corrected chi connectivity index (χ1v) is 22.4. The number of para-hydroxylation sites is 1. The van der Waals surface area contributed by atoms with Crippen LogP contribution in [0.1, 0.15) is 96.3 Å². The van der Waals surface area contributed by atoms with Gasteiger partial charge in [-0.05, 0) is 79.1 Å². The van der Waals surface area contributed by atoms with Gasteiger partial charge in [0.25, 0.3) is 11.8 Å². The van der Waals surface area contributed by atoms with E-state index in [-0.39, 0.29) is 73.5 Å². The summed E-state index contributed by atoms with van der Waals surface area (Å²) in [6.07, 6.45) is 11.5. The SMILES string of the molecule is CNc1cnc2c(c1)c(C1CC1)cn2C1CCN(CC2(F)CCN(C(=O)c3ccc(C4CN(/C(=C/C(=N)c5ccccc5O)C(=N)N)CCC4(F)F)cc3)CC2)CC1.O=CCCNC=O. The lowest BCUT2D eigenvalue weighted by Gasteiger charge is -2.41. The van der Waals surface area contributed by atoms with Gasteiger partial charge in [-0.15, -0.1) is 0 Å². The number of carbonyl (C=O) groups excluding carboxylic acids is 3. The van der Waals surface area contributed by atoms with Gasteiger partial charge in [-0.3, -0.25) is 15.0 Å². The second-order valence-corrected chi connectivity index (χ2v) is 17.6. The molecule has 2 aromatic heterocycles. The van der Waals surface area contributed by atoms with Crippen molar-refractivity contribution in [3.05, 3.63) is 101 Å². The lowest BCUT2D eigenvalue weighted by atomic mass is 9.86. The Morgan fingerprint density at radius 2 is 1.65 bits per heavy atom. The topological polar surface area (TPSA) is 197 Å². The van der Waals surface area contributed by atoms with Crippen molar-refractivity contribution in [1.82, 2.24) is 29.6 Å². The maximum atomic E-state index is 16.3. The number of aldehydes is 1. The summed E-state index contributed by atoms with van der Waals surface area (Å²) in [7, 11) is 1.91. The van der Waals surface area contributed by atoms with Gasteiger partial charge in [-0.2, -0.15) is 0 Å². The summed E-state index contributed by atoms with van der Waals surface area (Å²) in [4.78, 5) is 42.8. The minimum Gasteiger partial charge on any atom is -0.507 e. The number of halogens is 3. The molecule has 3 saturated heterocycles. The van der Waals surface area contributed by atoms with Crippen LogP contribution in [0.5, 0.6) is 5.75 Å². The number of pyridine rings is 1. The van der Waals surface area contributed by atoms with Crippen LogP contribution >= 0.6 is 0 Å². The van der Waals surface area contributed by atoms with Crippen molar-refractivity contribution >= 4 is 46.9 Å². The van der Waals surface area contributed by atoms with Crippen molar-refractivity contribution in [3.8, 4) is 5.75 Å². The standard InChI is InChI=1S/C44H52F3N9O2.C4H7NO2/c1-51-31-22-34-35(28-6-7-28)25-56(41(34)52-24-31)32-12-17-53(18-13-32)27-43(45)14-19-54(20-15-43)42(58)30-10-8-29(9-11-30)36-26-55(21-16-44(36,46)47)38(40(49)50)23-37(48)33-4-2-3-5-39(33)57;6-3-1-2-5-4-7/h2-5,8-11,22-25,28,32,36,48,51,57H,6-7,12-21,26-27H2,1H3,(H3,49,50);3-4H,1-2H2,(H,5,7)/b38-23+,48-37?;. The van der Waals surface area contributed by atoms with Crippen LogP contribution in [-0.2, 0) is 9.59 Å². The zero-order valence-electron chi connectivity index (χ0n) is 36.7. The van der Waals surface area contributed by atoms with Crippen molar-refractivity contribution < 1.29 is 32.7 Å². The molecule has 4 fully saturated rings. The first-order valence-electron chi connectivity index (χ1n) is 22.4. The number of alkyl halides is 3. The first-order chi connectivity index (χ1) is 31.2. The van der Waals surface area contributed by atoms with E-state index in [9.17, 15) is 19.5 Å². The fraction of sp³-hybridized carbons (Fsp3) is 0.458. The molecular formula is C48H59F3N10O4. The summed E-state index contributed by atoms with van der Waals surface area (Å²) < 4.78 is 49.6. The average molecular weight is 897 g/mol. The number of anilines is 1. The number of nitrogens with zero attached hydrogens (tertiary/aromatic N) is 5. The van der Waals surface area contributed by atoms with Gasteiger partial charge in [0, 0.05) is 114 Å². The van der Waals surface area contributed by atoms with E-state index in [1.807, 2.05) is 13.2 Å². The molecule has 2 aromatic carbocycles. The van der Waals surface area contributed by atoms with Crippen molar-refractivity contribution in [3.63, 3.8) is 0 Å². The number of phenolic OH excluding ortho intramolecular Hbond substituents is 1. The van der Waals surface area contributed by atoms with Crippen LogP contribution in [0, 0.1) is 10.8 Å². The quantitative estimate of drug-likeness (QED) is 0.0331. The van der Waals surface area contributed by atoms with Crippen LogP contribution in [-0.4, -0.2) is 131 Å². The Labute approximate surface area is 377 Å². The smallest absolute Gasteiger partial charge is 0.258 e. The van der Waals surface area contributed by atoms with Gasteiger partial charge < -0.3 is 50.9 Å². The lowest BCUT2D eigenvalue weighted by Crippen LogP contribution is -2.51. The summed E-state index contributed by atoms with van der Waals surface area (Å²) >= 11 is 0. The summed E-state index contributed by atoms with van der Waals surface area (Å²) in [5, 5.41) is 33.6. The number of carbonyl (C=O) groups is 3. The van der Waals surface area contributed by atoms with E-state index >= 15 is 13.2 Å².